The van der Waals surface area contributed by atoms with Crippen LogP contribution in [0.2, 0.25) is 0 Å². The van der Waals surface area contributed by atoms with Crippen LogP contribution in [0.5, 0.6) is 0 Å². The molecule has 0 aliphatic carbocycles. The Balaban J connectivity index is 0. The summed E-state index contributed by atoms with van der Waals surface area (Å²) >= 11 is 0. The number of hydrogen-bond donors (Lipinski definition) is 2. The van der Waals surface area contributed by atoms with Crippen molar-refractivity contribution >= 4 is 5.91 Å². The highest BCUT2D eigenvalue weighted by Gasteiger charge is 2.07. The molecule has 4 heteroatoms. The zero-order valence-electron chi connectivity index (χ0n) is 7.59. The third-order valence-corrected chi connectivity index (χ3v) is 0.694. The number of aliphatic hydroxyl groups is 1. The van der Waals surface area contributed by atoms with Crippen LogP contribution < -0.4 is 5.73 Å². The second kappa shape index (κ2) is 5.33. The smallest absolute Gasteiger partial charge is 0.243 e. The Morgan fingerprint density at radius 2 is 1.83 bits per heavy atom. The fourth-order valence-corrected chi connectivity index (χ4v) is 0. The second-order valence-electron chi connectivity index (χ2n) is 2.82. The first-order valence-corrected chi connectivity index (χ1v) is 3.29. The van der Waals surface area contributed by atoms with Gasteiger partial charge in [0, 0.05) is 5.57 Å². The molecule has 0 fully saturated rings. The summed E-state index contributed by atoms with van der Waals surface area (Å²) in [5.74, 6) is -0.435. The zero-order chi connectivity index (χ0) is 10.4. The number of amides is 1. The minimum Gasteiger partial charge on any atom is -0.376 e. The lowest BCUT2D eigenvalue weighted by molar-refractivity contribution is -0.114. The van der Waals surface area contributed by atoms with Crippen molar-refractivity contribution in [2.45, 2.75) is 26.4 Å². The topological polar surface area (TPSA) is 87.1 Å². The molecule has 0 bridgehead atoms. The maximum Gasteiger partial charge on any atom is 0.243 e. The highest BCUT2D eigenvalue weighted by atomic mass is 16.3. The second-order valence-corrected chi connectivity index (χ2v) is 2.82. The van der Waals surface area contributed by atoms with Gasteiger partial charge in [0.2, 0.25) is 5.91 Å². The molecule has 0 saturated carbocycles. The van der Waals surface area contributed by atoms with Crippen LogP contribution in [-0.2, 0) is 4.79 Å². The van der Waals surface area contributed by atoms with Crippen molar-refractivity contribution in [1.82, 2.24) is 0 Å². The highest BCUT2D eigenvalue weighted by molar-refractivity contribution is 5.90. The van der Waals surface area contributed by atoms with E-state index in [1.165, 1.54) is 13.8 Å². The van der Waals surface area contributed by atoms with E-state index in [-0.39, 0.29) is 0 Å². The van der Waals surface area contributed by atoms with E-state index < -0.39 is 11.5 Å². The first kappa shape index (κ1) is 13.3. The summed E-state index contributed by atoms with van der Waals surface area (Å²) in [6.45, 7) is 7.73. The molecule has 4 nitrogen and oxygen atoms in total. The molecule has 0 aliphatic rings. The molecule has 1 amide bonds. The van der Waals surface area contributed by atoms with Crippen LogP contribution in [0.3, 0.4) is 0 Å². The molecule has 0 radical (unpaired) electrons. The fourth-order valence-electron chi connectivity index (χ4n) is 0. The van der Waals surface area contributed by atoms with Crippen molar-refractivity contribution in [2.24, 2.45) is 5.73 Å². The van der Waals surface area contributed by atoms with Gasteiger partial charge in [-0.05, 0) is 20.8 Å². The SMILES string of the molecule is C=C(C)C(N)=O.CC(C)(O)C#N. The van der Waals surface area contributed by atoms with Gasteiger partial charge in [0.25, 0.3) is 0 Å². The van der Waals surface area contributed by atoms with Gasteiger partial charge in [-0.3, -0.25) is 4.79 Å². The molecule has 68 valence electrons. The third kappa shape index (κ3) is 15.9. The number of rotatable bonds is 1. The van der Waals surface area contributed by atoms with Crippen LogP contribution in [0.15, 0.2) is 12.2 Å². The van der Waals surface area contributed by atoms with Crippen molar-refractivity contribution in [3.8, 4) is 6.07 Å². The summed E-state index contributed by atoms with van der Waals surface area (Å²) in [6.07, 6.45) is 0. The van der Waals surface area contributed by atoms with Gasteiger partial charge in [-0.25, -0.2) is 0 Å². The zero-order valence-corrected chi connectivity index (χ0v) is 7.59. The van der Waals surface area contributed by atoms with Gasteiger partial charge < -0.3 is 10.8 Å². The summed E-state index contributed by atoms with van der Waals surface area (Å²) in [5.41, 5.74) is 3.94. The van der Waals surface area contributed by atoms with Crippen LogP contribution in [0.25, 0.3) is 0 Å². The van der Waals surface area contributed by atoms with Gasteiger partial charge in [-0.2, -0.15) is 5.26 Å². The molecule has 0 atom stereocenters. The largest absolute Gasteiger partial charge is 0.376 e. The van der Waals surface area contributed by atoms with E-state index in [9.17, 15) is 4.79 Å². The van der Waals surface area contributed by atoms with E-state index in [1.54, 1.807) is 13.0 Å². The molecule has 0 aromatic carbocycles. The highest BCUT2D eigenvalue weighted by Crippen LogP contribution is 1.93. The van der Waals surface area contributed by atoms with Crippen molar-refractivity contribution < 1.29 is 9.90 Å². The molecule has 0 heterocycles. The van der Waals surface area contributed by atoms with Gasteiger partial charge in [-0.1, -0.05) is 6.58 Å². The number of nitriles is 1. The van der Waals surface area contributed by atoms with Crippen LogP contribution >= 0.6 is 0 Å². The Morgan fingerprint density at radius 3 is 1.83 bits per heavy atom. The molecular weight excluding hydrogens is 156 g/mol. The molecule has 0 rings (SSSR count). The van der Waals surface area contributed by atoms with Gasteiger partial charge in [0.15, 0.2) is 0 Å². The first-order chi connectivity index (χ1) is 5.20. The van der Waals surface area contributed by atoms with Gasteiger partial charge >= 0.3 is 0 Å². The van der Waals surface area contributed by atoms with Crippen molar-refractivity contribution in [3.05, 3.63) is 12.2 Å². The number of nitrogens with zero attached hydrogens (tertiary/aromatic N) is 1. The van der Waals surface area contributed by atoms with Gasteiger partial charge in [0.05, 0.1) is 6.07 Å². The maximum atomic E-state index is 9.82. The maximum absolute atomic E-state index is 9.82. The number of nitrogens with two attached hydrogens (primary N) is 1. The number of primary amides is 1. The van der Waals surface area contributed by atoms with Crippen LogP contribution in [0, 0.1) is 11.3 Å². The van der Waals surface area contributed by atoms with Gasteiger partial charge in [-0.15, -0.1) is 0 Å². The monoisotopic (exact) mass is 170 g/mol. The number of hydrogen-bond acceptors (Lipinski definition) is 3. The minimum atomic E-state index is -1.15. The van der Waals surface area contributed by atoms with E-state index in [1.807, 2.05) is 0 Å². The predicted molar refractivity (Wildman–Crippen MR) is 45.9 cm³/mol. The number of carbonyl (C=O) groups is 1. The van der Waals surface area contributed by atoms with E-state index in [2.05, 4.69) is 6.58 Å². The molecule has 0 aliphatic heterocycles. The normalized spacial score (nSPS) is 8.92. The average molecular weight is 170 g/mol. The summed E-state index contributed by atoms with van der Waals surface area (Å²) in [7, 11) is 0. The van der Waals surface area contributed by atoms with Gasteiger partial charge in [0.1, 0.15) is 5.60 Å². The lowest BCUT2D eigenvalue weighted by Crippen LogP contribution is -2.13. The Kier molecular flexibility index (Phi) is 5.89. The van der Waals surface area contributed by atoms with Crippen LogP contribution in [0.1, 0.15) is 20.8 Å². The summed E-state index contributed by atoms with van der Waals surface area (Å²) in [5, 5.41) is 16.4. The fraction of sp³-hybridized carbons (Fsp3) is 0.500. The van der Waals surface area contributed by atoms with E-state index in [0.29, 0.717) is 5.57 Å². The Hall–Kier alpha value is -1.34. The third-order valence-electron chi connectivity index (χ3n) is 0.694. The molecule has 3 N–H and O–H groups in total. The van der Waals surface area contributed by atoms with Crippen LogP contribution in [-0.4, -0.2) is 16.6 Å². The minimum absolute atomic E-state index is 0.398. The summed E-state index contributed by atoms with van der Waals surface area (Å²) in [6, 6.07) is 1.66. The number of carbonyl (C=O) groups excluding carboxylic acids is 1. The Morgan fingerprint density at radius 1 is 1.67 bits per heavy atom. The summed E-state index contributed by atoms with van der Waals surface area (Å²) in [4.78, 5) is 9.82. The molecule has 0 aromatic heterocycles. The molecule has 0 saturated heterocycles. The molecule has 0 aromatic rings. The molecular formula is C8H14N2O2. The van der Waals surface area contributed by atoms with E-state index in [4.69, 9.17) is 16.1 Å². The Bertz CT molecular complexity index is 196. The molecule has 0 unspecified atom stereocenters. The van der Waals surface area contributed by atoms with Crippen molar-refractivity contribution in [3.63, 3.8) is 0 Å². The lowest BCUT2D eigenvalue weighted by Gasteiger charge is -2.00. The summed E-state index contributed by atoms with van der Waals surface area (Å²) < 4.78 is 0. The first-order valence-electron chi connectivity index (χ1n) is 3.29. The Labute approximate surface area is 72.3 Å². The van der Waals surface area contributed by atoms with Crippen LogP contribution in [0.4, 0.5) is 0 Å². The molecule has 0 spiro atoms. The van der Waals surface area contributed by atoms with Crippen molar-refractivity contribution in [1.29, 1.82) is 5.26 Å². The quantitative estimate of drug-likeness (QED) is 0.439. The lowest BCUT2D eigenvalue weighted by atomic mass is 10.2. The predicted octanol–water partition coefficient (Wildman–Crippen LogP) is 0.329. The van der Waals surface area contributed by atoms with E-state index in [0.717, 1.165) is 0 Å². The standard InChI is InChI=1S/2C4H7NO/c1-4(2,6)3-5;1-3(2)4(5)6/h6H,1-2H3;1H2,2H3,(H2,5,6). The van der Waals surface area contributed by atoms with E-state index >= 15 is 0 Å². The van der Waals surface area contributed by atoms with Crippen molar-refractivity contribution in [2.75, 3.05) is 0 Å². The average Bonchev–Trinajstić information content (AvgIpc) is 1.87. The molecule has 12 heavy (non-hydrogen) atoms.